The minimum Gasteiger partial charge on any atom is -0.373 e. The van der Waals surface area contributed by atoms with Crippen LogP contribution in [0.5, 0.6) is 0 Å². The minimum atomic E-state index is -4.12. The number of anilines is 2. The first-order chi connectivity index (χ1) is 13.1. The van der Waals surface area contributed by atoms with Crippen LogP contribution in [0.15, 0.2) is 41.6 Å². The zero-order valence-corrected chi connectivity index (χ0v) is 17.2. The van der Waals surface area contributed by atoms with Crippen LogP contribution in [0.25, 0.3) is 0 Å². The summed E-state index contributed by atoms with van der Waals surface area (Å²) in [4.78, 5) is 23.3. The highest BCUT2D eigenvalue weighted by atomic mass is 32.2. The van der Waals surface area contributed by atoms with Gasteiger partial charge in [0.25, 0.3) is 15.9 Å². The lowest BCUT2D eigenvalue weighted by molar-refractivity contribution is 0.0981. The Labute approximate surface area is 165 Å². The van der Waals surface area contributed by atoms with Gasteiger partial charge in [0, 0.05) is 25.3 Å². The van der Waals surface area contributed by atoms with E-state index in [1.54, 1.807) is 37.5 Å². The molecule has 1 aliphatic heterocycles. The molecule has 1 saturated heterocycles. The van der Waals surface area contributed by atoms with Crippen LogP contribution >= 0.6 is 0 Å². The number of hydrogen-bond acceptors (Lipinski definition) is 7. The monoisotopic (exact) mass is 403 g/mol. The average molecular weight is 404 g/mol. The topological polar surface area (TPSA) is 104 Å². The van der Waals surface area contributed by atoms with E-state index in [9.17, 15) is 13.2 Å². The Hall–Kier alpha value is -2.68. The zero-order chi connectivity index (χ0) is 20.5. The summed E-state index contributed by atoms with van der Waals surface area (Å²) in [5, 5.41) is 2.55. The summed E-state index contributed by atoms with van der Waals surface area (Å²) >= 11 is 0. The molecule has 2 aromatic rings. The highest BCUT2D eigenvalue weighted by Gasteiger charge is 2.39. The van der Waals surface area contributed by atoms with Crippen molar-refractivity contribution >= 4 is 27.6 Å². The molecule has 0 spiro atoms. The first-order valence-electron chi connectivity index (χ1n) is 9.08. The van der Waals surface area contributed by atoms with E-state index in [2.05, 4.69) is 45.7 Å². The molecule has 9 heteroatoms. The lowest BCUT2D eigenvalue weighted by atomic mass is 9.97. The number of rotatable bonds is 5. The van der Waals surface area contributed by atoms with Gasteiger partial charge in [-0.15, -0.1) is 0 Å². The lowest BCUT2D eigenvalue weighted by Gasteiger charge is -2.33. The van der Waals surface area contributed by atoms with Crippen molar-refractivity contribution in [2.24, 2.45) is 5.92 Å². The fraction of sp³-hybridized carbons (Fsp3) is 0.421. The first kappa shape index (κ1) is 20.1. The Kier molecular flexibility index (Phi) is 5.29. The third kappa shape index (κ3) is 3.94. The molecule has 1 amide bonds. The molecule has 0 bridgehead atoms. The SMILES string of the molecule is CNc1cccc(S(=O)(=O)NC(=O)c2cccnc2N2C[C@@H](C)CC2(C)C)n1. The highest BCUT2D eigenvalue weighted by molar-refractivity contribution is 7.90. The molecule has 2 aromatic heterocycles. The second kappa shape index (κ2) is 7.38. The maximum absolute atomic E-state index is 12.9. The fourth-order valence-electron chi connectivity index (χ4n) is 3.68. The summed E-state index contributed by atoms with van der Waals surface area (Å²) in [6.45, 7) is 7.09. The third-order valence-electron chi connectivity index (χ3n) is 4.84. The van der Waals surface area contributed by atoms with Gasteiger partial charge >= 0.3 is 0 Å². The number of sulfonamides is 1. The quantitative estimate of drug-likeness (QED) is 0.789. The average Bonchev–Trinajstić information content (AvgIpc) is 2.93. The molecule has 0 radical (unpaired) electrons. The Morgan fingerprint density at radius 3 is 2.64 bits per heavy atom. The molecule has 1 fully saturated rings. The lowest BCUT2D eigenvalue weighted by Crippen LogP contribution is -2.41. The van der Waals surface area contributed by atoms with Gasteiger partial charge < -0.3 is 10.2 Å². The molecule has 8 nitrogen and oxygen atoms in total. The number of hydrogen-bond donors (Lipinski definition) is 2. The van der Waals surface area contributed by atoms with E-state index < -0.39 is 15.9 Å². The van der Waals surface area contributed by atoms with Gasteiger partial charge in [-0.05, 0) is 50.5 Å². The Morgan fingerprint density at radius 1 is 1.25 bits per heavy atom. The van der Waals surface area contributed by atoms with Crippen LogP contribution in [0.3, 0.4) is 0 Å². The van der Waals surface area contributed by atoms with Gasteiger partial charge in [-0.1, -0.05) is 13.0 Å². The smallest absolute Gasteiger partial charge is 0.281 e. The number of aromatic nitrogens is 2. The Balaban J connectivity index is 1.92. The number of carbonyl (C=O) groups is 1. The second-order valence-electron chi connectivity index (χ2n) is 7.65. The van der Waals surface area contributed by atoms with Gasteiger partial charge in [-0.25, -0.2) is 14.7 Å². The highest BCUT2D eigenvalue weighted by Crippen LogP contribution is 2.37. The maximum Gasteiger partial charge on any atom is 0.281 e. The largest absolute Gasteiger partial charge is 0.373 e. The first-order valence-corrected chi connectivity index (χ1v) is 10.6. The molecule has 3 rings (SSSR count). The van der Waals surface area contributed by atoms with Crippen LogP contribution in [0, 0.1) is 5.92 Å². The van der Waals surface area contributed by atoms with Crippen molar-refractivity contribution in [2.75, 3.05) is 23.8 Å². The molecule has 0 aromatic carbocycles. The Bertz CT molecular complexity index is 991. The van der Waals surface area contributed by atoms with E-state index in [-0.39, 0.29) is 16.1 Å². The molecule has 150 valence electrons. The number of pyridine rings is 2. The normalized spacial score (nSPS) is 18.7. The van der Waals surface area contributed by atoms with E-state index >= 15 is 0 Å². The van der Waals surface area contributed by atoms with Crippen LogP contribution in [0.1, 0.15) is 37.6 Å². The molecule has 0 unspecified atom stereocenters. The van der Waals surface area contributed by atoms with E-state index in [0.29, 0.717) is 17.6 Å². The Morgan fingerprint density at radius 2 is 2.00 bits per heavy atom. The summed E-state index contributed by atoms with van der Waals surface area (Å²) in [6.07, 6.45) is 2.57. The minimum absolute atomic E-state index is 0.176. The van der Waals surface area contributed by atoms with Gasteiger partial charge in [-0.2, -0.15) is 8.42 Å². The van der Waals surface area contributed by atoms with Crippen molar-refractivity contribution in [1.82, 2.24) is 14.7 Å². The van der Waals surface area contributed by atoms with Crippen molar-refractivity contribution in [3.63, 3.8) is 0 Å². The molecular weight excluding hydrogens is 378 g/mol. The van der Waals surface area contributed by atoms with Gasteiger partial charge in [-0.3, -0.25) is 4.79 Å². The van der Waals surface area contributed by atoms with Crippen LogP contribution in [0.4, 0.5) is 11.6 Å². The van der Waals surface area contributed by atoms with Crippen LogP contribution in [0.2, 0.25) is 0 Å². The van der Waals surface area contributed by atoms with E-state index in [1.807, 2.05) is 0 Å². The van der Waals surface area contributed by atoms with Crippen molar-refractivity contribution in [3.05, 3.63) is 42.1 Å². The number of carbonyl (C=O) groups excluding carboxylic acids is 1. The summed E-state index contributed by atoms with van der Waals surface area (Å²) < 4.78 is 27.4. The van der Waals surface area contributed by atoms with Gasteiger partial charge in [0.15, 0.2) is 5.03 Å². The summed E-state index contributed by atoms with van der Waals surface area (Å²) in [5.74, 6) is 0.604. The van der Waals surface area contributed by atoms with E-state index in [1.165, 1.54) is 6.07 Å². The standard InChI is InChI=1S/C19H25N5O3S/c1-13-11-19(2,3)24(12-13)17-14(7-6-10-21-17)18(25)23-28(26,27)16-9-5-8-15(20-4)22-16/h5-10,13H,11-12H2,1-4H3,(H,20,22)(H,23,25)/t13-/m0/s1. The van der Waals surface area contributed by atoms with Crippen molar-refractivity contribution in [3.8, 4) is 0 Å². The predicted octanol–water partition coefficient (Wildman–Crippen LogP) is 2.26. The van der Waals surface area contributed by atoms with E-state index in [4.69, 9.17) is 0 Å². The molecule has 0 aliphatic carbocycles. The van der Waals surface area contributed by atoms with Crippen molar-refractivity contribution in [1.29, 1.82) is 0 Å². The summed E-state index contributed by atoms with van der Waals surface area (Å²) in [5.41, 5.74) is 0.0442. The van der Waals surface area contributed by atoms with Crippen LogP contribution in [-0.2, 0) is 10.0 Å². The van der Waals surface area contributed by atoms with E-state index in [0.717, 1.165) is 13.0 Å². The number of nitrogens with one attached hydrogen (secondary N) is 2. The third-order valence-corrected chi connectivity index (χ3v) is 6.07. The molecule has 0 saturated carbocycles. The number of amides is 1. The maximum atomic E-state index is 12.9. The fourth-order valence-corrected chi connectivity index (χ4v) is 4.62. The molecule has 2 N–H and O–H groups in total. The summed E-state index contributed by atoms with van der Waals surface area (Å²) in [6, 6.07) is 7.74. The number of nitrogens with zero attached hydrogens (tertiary/aromatic N) is 3. The van der Waals surface area contributed by atoms with Gasteiger partial charge in [0.1, 0.15) is 11.6 Å². The second-order valence-corrected chi connectivity index (χ2v) is 9.28. The predicted molar refractivity (Wildman–Crippen MR) is 108 cm³/mol. The van der Waals surface area contributed by atoms with Crippen molar-refractivity contribution in [2.45, 2.75) is 37.8 Å². The van der Waals surface area contributed by atoms with Crippen LogP contribution < -0.4 is 14.9 Å². The van der Waals surface area contributed by atoms with Crippen molar-refractivity contribution < 1.29 is 13.2 Å². The molecule has 1 atom stereocenters. The zero-order valence-electron chi connectivity index (χ0n) is 16.4. The molecular formula is C19H25N5O3S. The van der Waals surface area contributed by atoms with Gasteiger partial charge in [0.2, 0.25) is 0 Å². The van der Waals surface area contributed by atoms with Gasteiger partial charge in [0.05, 0.1) is 5.56 Å². The molecule has 3 heterocycles. The summed E-state index contributed by atoms with van der Waals surface area (Å²) in [7, 11) is -2.48. The van der Waals surface area contributed by atoms with Crippen LogP contribution in [-0.4, -0.2) is 43.4 Å². The molecule has 28 heavy (non-hydrogen) atoms. The molecule has 1 aliphatic rings.